The summed E-state index contributed by atoms with van der Waals surface area (Å²) >= 11 is 2.18. The van der Waals surface area contributed by atoms with Crippen LogP contribution in [0.2, 0.25) is 0 Å². The highest BCUT2D eigenvalue weighted by Crippen LogP contribution is 2.19. The standard InChI is InChI=1S/C13H12FIN2O2/c14-17-6-5-9(13(18)19)7-10(17)8-16-12-4-2-1-3-11(12)15/h1-7,10,16H,8H2,(H,18,19)/t10-/m0/s1. The van der Waals surface area contributed by atoms with Crippen LogP contribution in [0, 0.1) is 3.57 Å². The Balaban J connectivity index is 2.05. The van der Waals surface area contributed by atoms with E-state index in [1.165, 1.54) is 12.2 Å². The quantitative estimate of drug-likeness (QED) is 0.629. The number of anilines is 1. The largest absolute Gasteiger partial charge is 0.478 e. The molecule has 0 bridgehead atoms. The molecule has 4 nitrogen and oxygen atoms in total. The van der Waals surface area contributed by atoms with Crippen LogP contribution < -0.4 is 5.32 Å². The average molecular weight is 374 g/mol. The fraction of sp³-hybridized carbons (Fsp3) is 0.154. The van der Waals surface area contributed by atoms with E-state index in [2.05, 4.69) is 27.9 Å². The molecular formula is C13H12FIN2O2. The van der Waals surface area contributed by atoms with Gasteiger partial charge in [-0.3, -0.25) is 0 Å². The van der Waals surface area contributed by atoms with E-state index in [1.54, 1.807) is 0 Å². The summed E-state index contributed by atoms with van der Waals surface area (Å²) in [6, 6.07) is 7.00. The SMILES string of the molecule is O=C(O)C1=C[C@@H](CNc2ccccc2I)N(F)C=C1. The van der Waals surface area contributed by atoms with Gasteiger partial charge < -0.3 is 10.4 Å². The van der Waals surface area contributed by atoms with Crippen LogP contribution in [0.4, 0.5) is 10.2 Å². The minimum absolute atomic E-state index is 0.100. The first-order valence-corrected chi connectivity index (χ1v) is 6.71. The molecule has 100 valence electrons. The molecule has 0 fully saturated rings. The molecule has 2 N–H and O–H groups in total. The third kappa shape index (κ3) is 3.46. The fourth-order valence-corrected chi connectivity index (χ4v) is 2.28. The van der Waals surface area contributed by atoms with Gasteiger partial charge in [-0.1, -0.05) is 16.6 Å². The zero-order valence-corrected chi connectivity index (χ0v) is 12.0. The lowest BCUT2D eigenvalue weighted by Crippen LogP contribution is -2.32. The molecule has 1 heterocycles. The van der Waals surface area contributed by atoms with Crippen LogP contribution in [0.1, 0.15) is 0 Å². The number of benzene rings is 1. The van der Waals surface area contributed by atoms with E-state index >= 15 is 0 Å². The minimum atomic E-state index is -1.05. The van der Waals surface area contributed by atoms with Crippen molar-refractivity contribution in [1.82, 2.24) is 5.12 Å². The Hall–Kier alpha value is -1.57. The Morgan fingerprint density at radius 3 is 2.89 bits per heavy atom. The zero-order chi connectivity index (χ0) is 13.8. The van der Waals surface area contributed by atoms with E-state index in [1.807, 2.05) is 24.3 Å². The number of carboxylic acid groups (broad SMARTS) is 1. The van der Waals surface area contributed by atoms with E-state index in [4.69, 9.17) is 5.11 Å². The fourth-order valence-electron chi connectivity index (χ4n) is 1.70. The highest BCUT2D eigenvalue weighted by Gasteiger charge is 2.20. The molecule has 19 heavy (non-hydrogen) atoms. The predicted octanol–water partition coefficient (Wildman–Crippen LogP) is 2.80. The van der Waals surface area contributed by atoms with Crippen LogP contribution in [-0.4, -0.2) is 28.8 Å². The van der Waals surface area contributed by atoms with Gasteiger partial charge in [0.05, 0.1) is 11.6 Å². The number of aliphatic carboxylic acids is 1. The Morgan fingerprint density at radius 2 is 2.21 bits per heavy atom. The van der Waals surface area contributed by atoms with Crippen LogP contribution in [0.5, 0.6) is 0 Å². The van der Waals surface area contributed by atoms with Gasteiger partial charge in [0.15, 0.2) is 0 Å². The van der Waals surface area contributed by atoms with Gasteiger partial charge in [0, 0.05) is 22.0 Å². The summed E-state index contributed by atoms with van der Waals surface area (Å²) in [5, 5.41) is 12.5. The monoisotopic (exact) mass is 374 g/mol. The highest BCUT2D eigenvalue weighted by molar-refractivity contribution is 14.1. The van der Waals surface area contributed by atoms with Gasteiger partial charge in [-0.25, -0.2) is 9.92 Å². The van der Waals surface area contributed by atoms with Gasteiger partial charge in [-0.2, -0.15) is 0 Å². The molecule has 1 aromatic carbocycles. The van der Waals surface area contributed by atoms with Crippen LogP contribution in [0.15, 0.2) is 48.2 Å². The molecular weight excluding hydrogens is 362 g/mol. The number of nitrogens with zero attached hydrogens (tertiary/aromatic N) is 1. The predicted molar refractivity (Wildman–Crippen MR) is 79.2 cm³/mol. The summed E-state index contributed by atoms with van der Waals surface area (Å²) in [4.78, 5) is 10.9. The maximum absolute atomic E-state index is 13.6. The number of halogens is 2. The van der Waals surface area contributed by atoms with Crippen molar-refractivity contribution < 1.29 is 14.4 Å². The summed E-state index contributed by atoms with van der Waals surface area (Å²) in [5.74, 6) is -1.05. The van der Waals surface area contributed by atoms with Crippen LogP contribution in [0.3, 0.4) is 0 Å². The molecule has 0 saturated heterocycles. The number of nitrogens with one attached hydrogen (secondary N) is 1. The first-order chi connectivity index (χ1) is 9.08. The zero-order valence-electron chi connectivity index (χ0n) is 9.88. The van der Waals surface area contributed by atoms with Gasteiger partial charge in [-0.05, 0) is 46.9 Å². The molecule has 0 saturated carbocycles. The minimum Gasteiger partial charge on any atom is -0.478 e. The molecule has 0 radical (unpaired) electrons. The Kier molecular flexibility index (Phi) is 4.41. The summed E-state index contributed by atoms with van der Waals surface area (Å²) in [7, 11) is 0. The van der Waals surface area contributed by atoms with Gasteiger partial charge in [0.25, 0.3) is 0 Å². The molecule has 2 rings (SSSR count). The molecule has 0 unspecified atom stereocenters. The summed E-state index contributed by atoms with van der Waals surface area (Å²) < 4.78 is 14.6. The van der Waals surface area contributed by atoms with Crippen molar-refractivity contribution >= 4 is 34.2 Å². The molecule has 1 atom stereocenters. The second-order valence-corrected chi connectivity index (χ2v) is 5.18. The number of para-hydroxylation sites is 1. The van der Waals surface area contributed by atoms with E-state index in [9.17, 15) is 9.28 Å². The molecule has 1 aliphatic heterocycles. The van der Waals surface area contributed by atoms with Crippen molar-refractivity contribution in [3.05, 3.63) is 51.8 Å². The van der Waals surface area contributed by atoms with Crippen molar-refractivity contribution in [2.24, 2.45) is 0 Å². The number of hydrogen-bond acceptors (Lipinski definition) is 3. The van der Waals surface area contributed by atoms with E-state index in [0.29, 0.717) is 5.12 Å². The van der Waals surface area contributed by atoms with Crippen molar-refractivity contribution in [3.63, 3.8) is 0 Å². The van der Waals surface area contributed by atoms with Crippen LogP contribution >= 0.6 is 22.6 Å². The molecule has 6 heteroatoms. The van der Waals surface area contributed by atoms with Crippen LogP contribution in [0.25, 0.3) is 0 Å². The number of carboxylic acids is 1. The summed E-state index contributed by atoms with van der Waals surface area (Å²) in [6.07, 6.45) is 3.77. The Bertz CT molecular complexity index is 545. The van der Waals surface area contributed by atoms with Gasteiger partial charge in [0.1, 0.15) is 0 Å². The highest BCUT2D eigenvalue weighted by atomic mass is 127. The molecule has 0 aliphatic carbocycles. The number of carbonyl (C=O) groups is 1. The van der Waals surface area contributed by atoms with Crippen molar-refractivity contribution in [1.29, 1.82) is 0 Å². The Labute approximate surface area is 123 Å². The lowest BCUT2D eigenvalue weighted by atomic mass is 10.1. The van der Waals surface area contributed by atoms with Gasteiger partial charge >= 0.3 is 5.97 Å². The van der Waals surface area contributed by atoms with Crippen LogP contribution in [-0.2, 0) is 4.79 Å². The van der Waals surface area contributed by atoms with Crippen molar-refractivity contribution in [2.45, 2.75) is 6.04 Å². The maximum atomic E-state index is 13.6. The molecule has 0 aromatic heterocycles. The van der Waals surface area contributed by atoms with Gasteiger partial charge in [-0.15, -0.1) is 0 Å². The molecule has 1 aliphatic rings. The smallest absolute Gasteiger partial charge is 0.335 e. The topological polar surface area (TPSA) is 52.6 Å². The first kappa shape index (κ1) is 13.9. The normalized spacial score (nSPS) is 18.1. The van der Waals surface area contributed by atoms with Crippen molar-refractivity contribution in [2.75, 3.05) is 11.9 Å². The molecule has 0 amide bonds. The van der Waals surface area contributed by atoms with E-state index in [0.717, 1.165) is 15.5 Å². The molecule has 0 spiro atoms. The second-order valence-electron chi connectivity index (χ2n) is 4.02. The van der Waals surface area contributed by atoms with Gasteiger partial charge in [0.2, 0.25) is 0 Å². The summed E-state index contributed by atoms with van der Waals surface area (Å²) in [5.41, 5.74) is 1.000. The average Bonchev–Trinajstić information content (AvgIpc) is 2.39. The first-order valence-electron chi connectivity index (χ1n) is 5.64. The number of hydrogen-bond donors (Lipinski definition) is 2. The van der Waals surface area contributed by atoms with E-state index < -0.39 is 12.0 Å². The van der Waals surface area contributed by atoms with Crippen molar-refractivity contribution in [3.8, 4) is 0 Å². The van der Waals surface area contributed by atoms with E-state index in [-0.39, 0.29) is 12.1 Å². The summed E-state index contributed by atoms with van der Waals surface area (Å²) in [6.45, 7) is 0.289. The second kappa shape index (κ2) is 6.05. The lowest BCUT2D eigenvalue weighted by Gasteiger charge is -2.23. The maximum Gasteiger partial charge on any atom is 0.335 e. The molecule has 1 aromatic rings. The third-order valence-corrected chi connectivity index (χ3v) is 3.65. The lowest BCUT2D eigenvalue weighted by molar-refractivity contribution is -0.132. The number of rotatable bonds is 4. The Morgan fingerprint density at radius 1 is 1.47 bits per heavy atom. The third-order valence-electron chi connectivity index (χ3n) is 2.71.